The van der Waals surface area contributed by atoms with Crippen LogP contribution in [0.5, 0.6) is 0 Å². The zero-order valence-electron chi connectivity index (χ0n) is 9.57. The molecule has 0 spiro atoms. The van der Waals surface area contributed by atoms with Gasteiger partial charge in [-0.1, -0.05) is 19.1 Å². The van der Waals surface area contributed by atoms with Crippen molar-refractivity contribution in [1.82, 2.24) is 5.32 Å². The van der Waals surface area contributed by atoms with E-state index in [4.69, 9.17) is 5.11 Å². The summed E-state index contributed by atoms with van der Waals surface area (Å²) >= 11 is 0. The van der Waals surface area contributed by atoms with Crippen LogP contribution in [0.1, 0.15) is 33.1 Å². The smallest absolute Gasteiger partial charge is 0.223 e. The van der Waals surface area contributed by atoms with Crippen LogP contribution >= 0.6 is 0 Å². The van der Waals surface area contributed by atoms with Crippen molar-refractivity contribution in [2.75, 3.05) is 6.61 Å². The van der Waals surface area contributed by atoms with Gasteiger partial charge in [0.1, 0.15) is 0 Å². The van der Waals surface area contributed by atoms with Crippen molar-refractivity contribution in [3.8, 4) is 0 Å². The third kappa shape index (κ3) is 3.67. The Labute approximate surface area is 91.6 Å². The van der Waals surface area contributed by atoms with Crippen LogP contribution in [0.2, 0.25) is 0 Å². The summed E-state index contributed by atoms with van der Waals surface area (Å²) in [5, 5.41) is 11.9. The molecule has 86 valence electrons. The summed E-state index contributed by atoms with van der Waals surface area (Å²) < 4.78 is 0. The Kier molecular flexibility index (Phi) is 4.82. The van der Waals surface area contributed by atoms with E-state index in [9.17, 15) is 4.79 Å². The van der Waals surface area contributed by atoms with Crippen LogP contribution in [0.3, 0.4) is 0 Å². The quantitative estimate of drug-likeness (QED) is 0.692. The maximum Gasteiger partial charge on any atom is 0.223 e. The number of hydrogen-bond acceptors (Lipinski definition) is 2. The van der Waals surface area contributed by atoms with Gasteiger partial charge in [-0.15, -0.1) is 0 Å². The number of allylic oxidation sites excluding steroid dienone is 2. The molecule has 0 aromatic rings. The van der Waals surface area contributed by atoms with E-state index in [1.807, 2.05) is 13.8 Å². The summed E-state index contributed by atoms with van der Waals surface area (Å²) in [7, 11) is 0. The van der Waals surface area contributed by atoms with Gasteiger partial charge in [0.05, 0.1) is 0 Å². The summed E-state index contributed by atoms with van der Waals surface area (Å²) in [5.74, 6) is 0.378. The fourth-order valence-corrected chi connectivity index (χ4v) is 1.67. The normalized spacial score (nSPS) is 24.6. The molecule has 3 heteroatoms. The second kappa shape index (κ2) is 5.91. The molecule has 15 heavy (non-hydrogen) atoms. The molecule has 3 unspecified atom stereocenters. The molecule has 1 aliphatic rings. The van der Waals surface area contributed by atoms with Crippen molar-refractivity contribution in [3.63, 3.8) is 0 Å². The van der Waals surface area contributed by atoms with E-state index in [0.29, 0.717) is 0 Å². The molecule has 1 amide bonds. The minimum absolute atomic E-state index is 0.0495. The minimum atomic E-state index is 0.0495. The van der Waals surface area contributed by atoms with Gasteiger partial charge in [0.15, 0.2) is 0 Å². The van der Waals surface area contributed by atoms with Crippen LogP contribution in [-0.2, 0) is 4.79 Å². The van der Waals surface area contributed by atoms with E-state index in [2.05, 4.69) is 17.5 Å². The van der Waals surface area contributed by atoms with Gasteiger partial charge in [0.2, 0.25) is 5.91 Å². The van der Waals surface area contributed by atoms with Gasteiger partial charge in [-0.25, -0.2) is 0 Å². The van der Waals surface area contributed by atoms with Crippen LogP contribution in [0.15, 0.2) is 12.2 Å². The Balaban J connectivity index is 2.37. The third-order valence-corrected chi connectivity index (χ3v) is 3.15. The predicted molar refractivity (Wildman–Crippen MR) is 60.3 cm³/mol. The molecular formula is C12H21NO2. The van der Waals surface area contributed by atoms with Crippen molar-refractivity contribution in [2.45, 2.75) is 39.2 Å². The Morgan fingerprint density at radius 3 is 2.80 bits per heavy atom. The lowest BCUT2D eigenvalue weighted by molar-refractivity contribution is -0.126. The third-order valence-electron chi connectivity index (χ3n) is 3.15. The first-order valence-electron chi connectivity index (χ1n) is 5.71. The molecule has 0 saturated carbocycles. The lowest BCUT2D eigenvalue weighted by atomic mass is 9.93. The van der Waals surface area contributed by atoms with E-state index in [1.165, 1.54) is 0 Å². The highest BCUT2D eigenvalue weighted by atomic mass is 16.3. The number of nitrogens with one attached hydrogen (secondary N) is 1. The van der Waals surface area contributed by atoms with Gasteiger partial charge >= 0.3 is 0 Å². The largest absolute Gasteiger partial charge is 0.396 e. The molecule has 0 fully saturated rings. The molecule has 0 aromatic carbocycles. The molecule has 3 atom stereocenters. The summed E-state index contributed by atoms with van der Waals surface area (Å²) in [6.07, 6.45) is 7.01. The van der Waals surface area contributed by atoms with Crippen LogP contribution in [0.25, 0.3) is 0 Å². The molecule has 0 aliphatic heterocycles. The maximum absolute atomic E-state index is 11.8. The second-order valence-corrected chi connectivity index (χ2v) is 4.44. The fourth-order valence-electron chi connectivity index (χ4n) is 1.67. The maximum atomic E-state index is 11.8. The Hall–Kier alpha value is -0.830. The van der Waals surface area contributed by atoms with Gasteiger partial charge in [-0.3, -0.25) is 4.79 Å². The summed E-state index contributed by atoms with van der Waals surface area (Å²) in [4.78, 5) is 11.8. The van der Waals surface area contributed by atoms with Crippen molar-refractivity contribution in [1.29, 1.82) is 0 Å². The Bertz CT molecular complexity index is 238. The molecule has 1 rings (SSSR count). The first kappa shape index (κ1) is 12.2. The molecular weight excluding hydrogens is 190 g/mol. The van der Waals surface area contributed by atoms with Gasteiger partial charge in [0, 0.05) is 18.6 Å². The average molecular weight is 211 g/mol. The standard InChI is InChI=1S/C12H21NO2/c1-9(8-14)10(2)13-12(15)11-6-4-3-5-7-11/h3-4,9-11,14H,5-8H2,1-2H3,(H,13,15). The van der Waals surface area contributed by atoms with Crippen molar-refractivity contribution in [3.05, 3.63) is 12.2 Å². The minimum Gasteiger partial charge on any atom is -0.396 e. The molecule has 0 aromatic heterocycles. The molecule has 0 heterocycles. The topological polar surface area (TPSA) is 49.3 Å². The zero-order valence-corrected chi connectivity index (χ0v) is 9.57. The van der Waals surface area contributed by atoms with E-state index in [1.54, 1.807) is 0 Å². The van der Waals surface area contributed by atoms with Crippen LogP contribution in [0, 0.1) is 11.8 Å². The van der Waals surface area contributed by atoms with E-state index in [-0.39, 0.29) is 30.4 Å². The molecule has 0 bridgehead atoms. The number of carbonyl (C=O) groups excluding carboxylic acids is 1. The molecule has 3 nitrogen and oxygen atoms in total. The molecule has 0 saturated heterocycles. The van der Waals surface area contributed by atoms with Crippen molar-refractivity contribution < 1.29 is 9.90 Å². The number of carbonyl (C=O) groups is 1. The highest BCUT2D eigenvalue weighted by molar-refractivity contribution is 5.79. The Morgan fingerprint density at radius 1 is 1.53 bits per heavy atom. The number of aliphatic hydroxyl groups is 1. The van der Waals surface area contributed by atoms with Gasteiger partial charge in [-0.05, 0) is 32.1 Å². The van der Waals surface area contributed by atoms with Crippen LogP contribution < -0.4 is 5.32 Å². The number of rotatable bonds is 4. The summed E-state index contributed by atoms with van der Waals surface area (Å²) in [5.41, 5.74) is 0. The first-order chi connectivity index (χ1) is 7.15. The summed E-state index contributed by atoms with van der Waals surface area (Å²) in [6, 6.07) is 0.0495. The fraction of sp³-hybridized carbons (Fsp3) is 0.750. The number of aliphatic hydroxyl groups excluding tert-OH is 1. The summed E-state index contributed by atoms with van der Waals surface area (Å²) in [6.45, 7) is 4.00. The predicted octanol–water partition coefficient (Wildman–Crippen LogP) is 1.48. The SMILES string of the molecule is CC(CO)C(C)NC(=O)C1CC=CCC1. The van der Waals surface area contributed by atoms with Crippen molar-refractivity contribution in [2.24, 2.45) is 11.8 Å². The lowest BCUT2D eigenvalue weighted by Gasteiger charge is -2.23. The van der Waals surface area contributed by atoms with Crippen LogP contribution in [-0.4, -0.2) is 23.7 Å². The molecule has 0 radical (unpaired) electrons. The van der Waals surface area contributed by atoms with E-state index >= 15 is 0 Å². The monoisotopic (exact) mass is 211 g/mol. The molecule has 1 aliphatic carbocycles. The highest BCUT2D eigenvalue weighted by Crippen LogP contribution is 2.18. The lowest BCUT2D eigenvalue weighted by Crippen LogP contribution is -2.41. The van der Waals surface area contributed by atoms with Crippen LogP contribution in [0.4, 0.5) is 0 Å². The molecule has 2 N–H and O–H groups in total. The second-order valence-electron chi connectivity index (χ2n) is 4.44. The van der Waals surface area contributed by atoms with Gasteiger partial charge in [0.25, 0.3) is 0 Å². The van der Waals surface area contributed by atoms with Crippen molar-refractivity contribution >= 4 is 5.91 Å². The van der Waals surface area contributed by atoms with Gasteiger partial charge in [-0.2, -0.15) is 0 Å². The zero-order chi connectivity index (χ0) is 11.3. The highest BCUT2D eigenvalue weighted by Gasteiger charge is 2.21. The average Bonchev–Trinajstić information content (AvgIpc) is 2.29. The first-order valence-corrected chi connectivity index (χ1v) is 5.71. The van der Waals surface area contributed by atoms with E-state index in [0.717, 1.165) is 19.3 Å². The Morgan fingerprint density at radius 2 is 2.27 bits per heavy atom. The van der Waals surface area contributed by atoms with E-state index < -0.39 is 0 Å². The number of amides is 1. The van der Waals surface area contributed by atoms with Gasteiger partial charge < -0.3 is 10.4 Å². The number of hydrogen-bond donors (Lipinski definition) is 2.